The summed E-state index contributed by atoms with van der Waals surface area (Å²) in [5.41, 5.74) is 3.04. The van der Waals surface area contributed by atoms with Crippen LogP contribution in [0, 0.1) is 0 Å². The number of ether oxygens (including phenoxy) is 2. The molecule has 3 rings (SSSR count). The Morgan fingerprint density at radius 3 is 2.68 bits per heavy atom. The van der Waals surface area contributed by atoms with Gasteiger partial charge in [0.15, 0.2) is 6.10 Å². The molecule has 0 unspecified atom stereocenters. The number of H-pyrrole nitrogens is 1. The van der Waals surface area contributed by atoms with E-state index in [1.807, 2.05) is 54.7 Å². The summed E-state index contributed by atoms with van der Waals surface area (Å²) in [6.07, 6.45) is 2.11. The first kappa shape index (κ1) is 17.0. The van der Waals surface area contributed by atoms with Crippen molar-refractivity contribution in [1.82, 2.24) is 10.3 Å². The molecule has 3 aromatic rings. The van der Waals surface area contributed by atoms with E-state index in [-0.39, 0.29) is 5.91 Å². The summed E-state index contributed by atoms with van der Waals surface area (Å²) in [6, 6.07) is 15.4. The van der Waals surface area contributed by atoms with Gasteiger partial charge in [-0.25, -0.2) is 0 Å². The number of hydrogen-bond acceptors (Lipinski definition) is 3. The monoisotopic (exact) mass is 338 g/mol. The lowest BCUT2D eigenvalue weighted by molar-refractivity contribution is -0.131. The molecule has 2 aromatic carbocycles. The summed E-state index contributed by atoms with van der Waals surface area (Å²) in [6.45, 7) is 0.537. The van der Waals surface area contributed by atoms with Crippen molar-refractivity contribution in [2.75, 3.05) is 20.8 Å². The molecule has 5 heteroatoms. The zero-order valence-corrected chi connectivity index (χ0v) is 14.4. The van der Waals surface area contributed by atoms with Crippen LogP contribution in [0.4, 0.5) is 0 Å². The fraction of sp³-hybridized carbons (Fsp3) is 0.250. The number of benzene rings is 2. The highest BCUT2D eigenvalue weighted by Crippen LogP contribution is 2.24. The molecule has 1 atom stereocenters. The molecule has 1 amide bonds. The number of rotatable bonds is 7. The molecular formula is C20H22N2O3. The van der Waals surface area contributed by atoms with Gasteiger partial charge in [-0.3, -0.25) is 4.79 Å². The van der Waals surface area contributed by atoms with Crippen LogP contribution in [0.2, 0.25) is 0 Å². The Kier molecular flexibility index (Phi) is 5.36. The SMILES string of the molecule is COc1ccc2[nH]cc(CCNC(=O)[C@@H](OC)c3ccccc3)c2c1. The highest BCUT2D eigenvalue weighted by atomic mass is 16.5. The van der Waals surface area contributed by atoms with Crippen LogP contribution < -0.4 is 10.1 Å². The van der Waals surface area contributed by atoms with Crippen molar-refractivity contribution in [3.63, 3.8) is 0 Å². The van der Waals surface area contributed by atoms with Crippen molar-refractivity contribution in [2.45, 2.75) is 12.5 Å². The maximum Gasteiger partial charge on any atom is 0.253 e. The van der Waals surface area contributed by atoms with Gasteiger partial charge in [0.2, 0.25) is 0 Å². The Bertz CT molecular complexity index is 843. The molecule has 5 nitrogen and oxygen atoms in total. The maximum absolute atomic E-state index is 12.4. The lowest BCUT2D eigenvalue weighted by Crippen LogP contribution is -2.31. The number of aromatic nitrogens is 1. The topological polar surface area (TPSA) is 63.3 Å². The molecule has 0 radical (unpaired) electrons. The molecule has 130 valence electrons. The normalized spacial score (nSPS) is 12.1. The van der Waals surface area contributed by atoms with Gasteiger partial charge in [0.05, 0.1) is 7.11 Å². The molecule has 25 heavy (non-hydrogen) atoms. The van der Waals surface area contributed by atoms with Gasteiger partial charge in [-0.1, -0.05) is 30.3 Å². The quantitative estimate of drug-likeness (QED) is 0.695. The first-order chi connectivity index (χ1) is 12.2. The Morgan fingerprint density at radius 2 is 1.96 bits per heavy atom. The number of carbonyl (C=O) groups is 1. The summed E-state index contributed by atoms with van der Waals surface area (Å²) < 4.78 is 10.6. The number of nitrogens with one attached hydrogen (secondary N) is 2. The summed E-state index contributed by atoms with van der Waals surface area (Å²) in [7, 11) is 3.20. The Labute approximate surface area is 147 Å². The average molecular weight is 338 g/mol. The number of aromatic amines is 1. The van der Waals surface area contributed by atoms with E-state index in [1.165, 1.54) is 0 Å². The van der Waals surface area contributed by atoms with Crippen molar-refractivity contribution in [2.24, 2.45) is 0 Å². The van der Waals surface area contributed by atoms with Crippen LogP contribution in [0.25, 0.3) is 10.9 Å². The van der Waals surface area contributed by atoms with Gasteiger partial charge in [0.25, 0.3) is 5.91 Å². The smallest absolute Gasteiger partial charge is 0.253 e. The Balaban J connectivity index is 1.63. The van der Waals surface area contributed by atoms with Crippen molar-refractivity contribution in [3.05, 3.63) is 65.9 Å². The molecule has 0 spiro atoms. The lowest BCUT2D eigenvalue weighted by atomic mass is 10.1. The molecule has 1 aromatic heterocycles. The third-order valence-electron chi connectivity index (χ3n) is 4.24. The van der Waals surface area contributed by atoms with E-state index < -0.39 is 6.10 Å². The van der Waals surface area contributed by atoms with E-state index in [2.05, 4.69) is 10.3 Å². The van der Waals surface area contributed by atoms with Gasteiger partial charge in [-0.05, 0) is 35.7 Å². The summed E-state index contributed by atoms with van der Waals surface area (Å²) in [5, 5.41) is 4.07. The second-order valence-corrected chi connectivity index (χ2v) is 5.79. The fourth-order valence-electron chi connectivity index (χ4n) is 2.93. The van der Waals surface area contributed by atoms with Crippen molar-refractivity contribution >= 4 is 16.8 Å². The van der Waals surface area contributed by atoms with Crippen LogP contribution in [0.15, 0.2) is 54.7 Å². The van der Waals surface area contributed by atoms with Gasteiger partial charge in [0.1, 0.15) is 5.75 Å². The zero-order valence-electron chi connectivity index (χ0n) is 14.4. The minimum absolute atomic E-state index is 0.133. The van der Waals surface area contributed by atoms with E-state index in [9.17, 15) is 4.79 Å². The van der Waals surface area contributed by atoms with E-state index in [0.717, 1.165) is 34.2 Å². The van der Waals surface area contributed by atoms with Crippen LogP contribution in [-0.2, 0) is 16.0 Å². The molecule has 0 saturated carbocycles. The Morgan fingerprint density at radius 1 is 1.16 bits per heavy atom. The second-order valence-electron chi connectivity index (χ2n) is 5.79. The summed E-state index contributed by atoms with van der Waals surface area (Å²) >= 11 is 0. The third kappa shape index (κ3) is 3.83. The number of carbonyl (C=O) groups excluding carboxylic acids is 1. The van der Waals surface area contributed by atoms with Crippen LogP contribution in [-0.4, -0.2) is 31.7 Å². The van der Waals surface area contributed by atoms with Crippen LogP contribution in [0.3, 0.4) is 0 Å². The van der Waals surface area contributed by atoms with Crippen molar-refractivity contribution < 1.29 is 14.3 Å². The van der Waals surface area contributed by atoms with E-state index in [0.29, 0.717) is 6.54 Å². The first-order valence-corrected chi connectivity index (χ1v) is 8.22. The Hall–Kier alpha value is -2.79. The van der Waals surface area contributed by atoms with Gasteiger partial charge >= 0.3 is 0 Å². The van der Waals surface area contributed by atoms with Crippen molar-refractivity contribution in [3.8, 4) is 5.75 Å². The van der Waals surface area contributed by atoms with Crippen LogP contribution >= 0.6 is 0 Å². The lowest BCUT2D eigenvalue weighted by Gasteiger charge is -2.15. The van der Waals surface area contributed by atoms with Crippen LogP contribution in [0.5, 0.6) is 5.75 Å². The number of fused-ring (bicyclic) bond motifs is 1. The van der Waals surface area contributed by atoms with Gasteiger partial charge < -0.3 is 19.8 Å². The summed E-state index contributed by atoms with van der Waals surface area (Å²) in [5.74, 6) is 0.687. The molecule has 1 heterocycles. The summed E-state index contributed by atoms with van der Waals surface area (Å²) in [4.78, 5) is 15.6. The predicted molar refractivity (Wildman–Crippen MR) is 97.8 cm³/mol. The molecule has 0 saturated heterocycles. The van der Waals surface area contributed by atoms with Gasteiger partial charge in [-0.15, -0.1) is 0 Å². The number of methoxy groups -OCH3 is 2. The second kappa shape index (κ2) is 7.85. The van der Waals surface area contributed by atoms with E-state index in [4.69, 9.17) is 9.47 Å². The molecule has 0 aliphatic heterocycles. The third-order valence-corrected chi connectivity index (χ3v) is 4.24. The van der Waals surface area contributed by atoms with E-state index >= 15 is 0 Å². The zero-order chi connectivity index (χ0) is 17.6. The molecular weight excluding hydrogens is 316 g/mol. The van der Waals surface area contributed by atoms with Gasteiger partial charge in [-0.2, -0.15) is 0 Å². The number of amides is 1. The fourth-order valence-corrected chi connectivity index (χ4v) is 2.93. The molecule has 0 fully saturated rings. The highest BCUT2D eigenvalue weighted by Gasteiger charge is 2.19. The largest absolute Gasteiger partial charge is 0.497 e. The first-order valence-electron chi connectivity index (χ1n) is 8.22. The highest BCUT2D eigenvalue weighted by molar-refractivity contribution is 5.85. The molecule has 0 aliphatic rings. The molecule has 0 bridgehead atoms. The van der Waals surface area contributed by atoms with E-state index in [1.54, 1.807) is 14.2 Å². The van der Waals surface area contributed by atoms with Crippen LogP contribution in [0.1, 0.15) is 17.2 Å². The predicted octanol–water partition coefficient (Wildman–Crippen LogP) is 3.22. The maximum atomic E-state index is 12.4. The average Bonchev–Trinajstić information content (AvgIpc) is 3.05. The van der Waals surface area contributed by atoms with Gasteiger partial charge in [0, 0.05) is 30.8 Å². The number of hydrogen-bond donors (Lipinski definition) is 2. The molecule has 2 N–H and O–H groups in total. The minimum atomic E-state index is -0.593. The molecule has 0 aliphatic carbocycles. The standard InChI is InChI=1S/C20H22N2O3/c1-24-16-8-9-18-17(12-16)15(13-22-18)10-11-21-20(23)19(25-2)14-6-4-3-5-7-14/h3-9,12-13,19,22H,10-11H2,1-2H3,(H,21,23)/t19-/m0/s1. The van der Waals surface area contributed by atoms with Crippen molar-refractivity contribution in [1.29, 1.82) is 0 Å². The minimum Gasteiger partial charge on any atom is -0.497 e.